The fraction of sp³-hybridized carbons (Fsp3) is 0.538. The van der Waals surface area contributed by atoms with Crippen LogP contribution in [0, 0.1) is 5.82 Å². The first-order valence-corrected chi connectivity index (χ1v) is 11.9. The SMILES string of the molecule is O[C@]1(COc2ccccc2F)CCCN(Cc2cccc(OCCN3CCCC3)c2)CC1. The normalized spacial score (nSPS) is 22.6. The van der Waals surface area contributed by atoms with E-state index in [9.17, 15) is 9.50 Å². The summed E-state index contributed by atoms with van der Waals surface area (Å²) in [6.45, 7) is 6.73. The molecule has 0 radical (unpaired) electrons. The van der Waals surface area contributed by atoms with Gasteiger partial charge in [0.25, 0.3) is 0 Å². The molecule has 0 aliphatic carbocycles. The fourth-order valence-corrected chi connectivity index (χ4v) is 4.60. The zero-order chi connectivity index (χ0) is 22.2. The topological polar surface area (TPSA) is 45.2 Å². The van der Waals surface area contributed by atoms with Crippen LogP contribution in [0.15, 0.2) is 48.5 Å². The van der Waals surface area contributed by atoms with E-state index < -0.39 is 11.4 Å². The van der Waals surface area contributed by atoms with E-state index in [1.54, 1.807) is 18.2 Å². The molecule has 2 aliphatic heterocycles. The summed E-state index contributed by atoms with van der Waals surface area (Å²) in [6.07, 6.45) is 4.74. The molecule has 2 saturated heterocycles. The van der Waals surface area contributed by atoms with E-state index in [2.05, 4.69) is 28.0 Å². The Morgan fingerprint density at radius 2 is 1.69 bits per heavy atom. The van der Waals surface area contributed by atoms with Crippen molar-refractivity contribution < 1.29 is 19.0 Å². The molecule has 174 valence electrons. The van der Waals surface area contributed by atoms with Gasteiger partial charge in [-0.3, -0.25) is 9.80 Å². The molecule has 6 heteroatoms. The van der Waals surface area contributed by atoms with Gasteiger partial charge in [0.1, 0.15) is 19.0 Å². The summed E-state index contributed by atoms with van der Waals surface area (Å²) in [5.41, 5.74) is 0.286. The molecule has 1 atom stereocenters. The number of nitrogens with zero attached hydrogens (tertiary/aromatic N) is 2. The summed E-state index contributed by atoms with van der Waals surface area (Å²) < 4.78 is 25.4. The maximum atomic E-state index is 13.8. The second-order valence-electron chi connectivity index (χ2n) is 9.12. The molecule has 0 unspecified atom stereocenters. The third-order valence-electron chi connectivity index (χ3n) is 6.52. The maximum absolute atomic E-state index is 13.8. The minimum atomic E-state index is -0.933. The van der Waals surface area contributed by atoms with E-state index in [0.29, 0.717) is 12.8 Å². The molecule has 0 spiro atoms. The second kappa shape index (κ2) is 11.1. The van der Waals surface area contributed by atoms with Gasteiger partial charge in [0.15, 0.2) is 11.6 Å². The largest absolute Gasteiger partial charge is 0.492 e. The van der Waals surface area contributed by atoms with Gasteiger partial charge >= 0.3 is 0 Å². The maximum Gasteiger partial charge on any atom is 0.165 e. The lowest BCUT2D eigenvalue weighted by molar-refractivity contribution is -0.0177. The van der Waals surface area contributed by atoms with Crippen LogP contribution in [0.3, 0.4) is 0 Å². The van der Waals surface area contributed by atoms with Crippen molar-refractivity contribution >= 4 is 0 Å². The Balaban J connectivity index is 1.25. The van der Waals surface area contributed by atoms with Gasteiger partial charge in [-0.2, -0.15) is 0 Å². The number of hydrogen-bond donors (Lipinski definition) is 1. The zero-order valence-electron chi connectivity index (χ0n) is 18.8. The van der Waals surface area contributed by atoms with Crippen molar-refractivity contribution in [1.29, 1.82) is 0 Å². The molecule has 32 heavy (non-hydrogen) atoms. The van der Waals surface area contributed by atoms with E-state index in [0.717, 1.165) is 45.0 Å². The molecular weight excluding hydrogens is 407 g/mol. The highest BCUT2D eigenvalue weighted by atomic mass is 19.1. The summed E-state index contributed by atoms with van der Waals surface area (Å²) in [4.78, 5) is 4.82. The summed E-state index contributed by atoms with van der Waals surface area (Å²) in [5, 5.41) is 11.0. The first kappa shape index (κ1) is 23.0. The van der Waals surface area contributed by atoms with Gasteiger partial charge in [-0.25, -0.2) is 4.39 Å². The van der Waals surface area contributed by atoms with E-state index in [1.165, 1.54) is 37.6 Å². The van der Waals surface area contributed by atoms with Crippen LogP contribution < -0.4 is 9.47 Å². The highest BCUT2D eigenvalue weighted by Gasteiger charge is 2.31. The van der Waals surface area contributed by atoms with Crippen LogP contribution in [-0.4, -0.2) is 66.4 Å². The van der Waals surface area contributed by atoms with Gasteiger partial charge in [-0.1, -0.05) is 24.3 Å². The number of ether oxygens (including phenoxy) is 2. The van der Waals surface area contributed by atoms with Crippen LogP contribution in [0.2, 0.25) is 0 Å². The molecule has 2 aromatic carbocycles. The molecule has 0 aromatic heterocycles. The van der Waals surface area contributed by atoms with Crippen molar-refractivity contribution in [2.45, 2.75) is 44.2 Å². The Labute approximate surface area is 190 Å². The van der Waals surface area contributed by atoms with E-state index in [-0.39, 0.29) is 12.4 Å². The Hall–Kier alpha value is -2.15. The number of halogens is 1. The first-order valence-electron chi connectivity index (χ1n) is 11.9. The van der Waals surface area contributed by atoms with Crippen molar-refractivity contribution in [3.63, 3.8) is 0 Å². The van der Waals surface area contributed by atoms with Crippen molar-refractivity contribution in [2.75, 3.05) is 45.9 Å². The molecule has 2 aromatic rings. The van der Waals surface area contributed by atoms with Gasteiger partial charge in [-0.15, -0.1) is 0 Å². The predicted octanol–water partition coefficient (Wildman–Crippen LogP) is 4.10. The molecular formula is C26H35FN2O3. The van der Waals surface area contributed by atoms with Gasteiger partial charge in [0.05, 0.1) is 5.60 Å². The third-order valence-corrected chi connectivity index (χ3v) is 6.52. The number of hydrogen-bond acceptors (Lipinski definition) is 5. The Kier molecular flexibility index (Phi) is 8.00. The number of aliphatic hydroxyl groups is 1. The van der Waals surface area contributed by atoms with E-state index in [1.807, 2.05) is 6.07 Å². The smallest absolute Gasteiger partial charge is 0.165 e. The monoisotopic (exact) mass is 442 g/mol. The lowest BCUT2D eigenvalue weighted by atomic mass is 9.96. The van der Waals surface area contributed by atoms with Crippen LogP contribution in [0.25, 0.3) is 0 Å². The zero-order valence-corrected chi connectivity index (χ0v) is 18.8. The highest BCUT2D eigenvalue weighted by Crippen LogP contribution is 2.26. The molecule has 2 heterocycles. The van der Waals surface area contributed by atoms with Crippen LogP contribution in [0.4, 0.5) is 4.39 Å². The summed E-state index contributed by atoms with van der Waals surface area (Å²) in [7, 11) is 0. The number of rotatable bonds is 9. The second-order valence-corrected chi connectivity index (χ2v) is 9.12. The molecule has 4 rings (SSSR count). The summed E-state index contributed by atoms with van der Waals surface area (Å²) >= 11 is 0. The van der Waals surface area contributed by atoms with E-state index in [4.69, 9.17) is 9.47 Å². The number of benzene rings is 2. The predicted molar refractivity (Wildman–Crippen MR) is 124 cm³/mol. The van der Waals surface area contributed by atoms with Gasteiger partial charge in [0, 0.05) is 19.6 Å². The molecule has 5 nitrogen and oxygen atoms in total. The number of likely N-dealkylation sites (tertiary alicyclic amines) is 2. The minimum absolute atomic E-state index is 0.113. The first-order chi connectivity index (χ1) is 15.6. The molecule has 2 aliphatic rings. The number of para-hydroxylation sites is 1. The molecule has 1 N–H and O–H groups in total. The third kappa shape index (κ3) is 6.67. The van der Waals surface area contributed by atoms with Gasteiger partial charge < -0.3 is 14.6 Å². The quantitative estimate of drug-likeness (QED) is 0.634. The van der Waals surface area contributed by atoms with Crippen LogP contribution in [0.5, 0.6) is 11.5 Å². The lowest BCUT2D eigenvalue weighted by Gasteiger charge is -2.27. The Bertz CT molecular complexity index is 858. The van der Waals surface area contributed by atoms with Gasteiger partial charge in [0.2, 0.25) is 0 Å². The fourth-order valence-electron chi connectivity index (χ4n) is 4.60. The standard InChI is InChI=1S/C26H35FN2O3/c27-24-9-1-2-10-25(24)32-21-26(30)11-6-15-29(16-12-26)20-22-7-5-8-23(19-22)31-18-17-28-13-3-4-14-28/h1-2,5,7-10,19,30H,3-4,6,11-18,20-21H2/t26-/m1/s1. The highest BCUT2D eigenvalue weighted by molar-refractivity contribution is 5.28. The van der Waals surface area contributed by atoms with E-state index >= 15 is 0 Å². The van der Waals surface area contributed by atoms with Crippen molar-refractivity contribution in [3.8, 4) is 11.5 Å². The molecule has 0 saturated carbocycles. The van der Waals surface area contributed by atoms with Crippen molar-refractivity contribution in [3.05, 3.63) is 59.9 Å². The lowest BCUT2D eigenvalue weighted by Crippen LogP contribution is -2.37. The molecule has 2 fully saturated rings. The average molecular weight is 443 g/mol. The van der Waals surface area contributed by atoms with Crippen molar-refractivity contribution in [2.24, 2.45) is 0 Å². The Morgan fingerprint density at radius 3 is 2.53 bits per heavy atom. The summed E-state index contributed by atoms with van der Waals surface area (Å²) in [6, 6.07) is 14.7. The Morgan fingerprint density at radius 1 is 0.875 bits per heavy atom. The van der Waals surface area contributed by atoms with Crippen LogP contribution >= 0.6 is 0 Å². The van der Waals surface area contributed by atoms with Crippen molar-refractivity contribution in [1.82, 2.24) is 9.80 Å². The molecule has 0 amide bonds. The van der Waals surface area contributed by atoms with Crippen LogP contribution in [-0.2, 0) is 6.54 Å². The summed E-state index contributed by atoms with van der Waals surface area (Å²) in [5.74, 6) is 0.726. The van der Waals surface area contributed by atoms with Gasteiger partial charge in [-0.05, 0) is 81.6 Å². The average Bonchev–Trinajstić information content (AvgIpc) is 3.24. The molecule has 0 bridgehead atoms. The van der Waals surface area contributed by atoms with Crippen LogP contribution in [0.1, 0.15) is 37.7 Å². The minimum Gasteiger partial charge on any atom is -0.492 e.